The molecule has 0 atom stereocenters. The fraction of sp³-hybridized carbons (Fsp3) is 0.714. The van der Waals surface area contributed by atoms with Crippen LogP contribution in [0.1, 0.15) is 50.8 Å². The van der Waals surface area contributed by atoms with Crippen LogP contribution >= 0.6 is 12.2 Å². The lowest BCUT2D eigenvalue weighted by Crippen LogP contribution is -2.27. The van der Waals surface area contributed by atoms with E-state index < -0.39 is 0 Å². The van der Waals surface area contributed by atoms with Crippen LogP contribution in [-0.2, 0) is 6.54 Å². The molecule has 1 aliphatic rings. The van der Waals surface area contributed by atoms with E-state index in [9.17, 15) is 0 Å². The second kappa shape index (κ2) is 7.01. The summed E-state index contributed by atoms with van der Waals surface area (Å²) in [4.78, 5) is 2.93. The zero-order valence-electron chi connectivity index (χ0n) is 11.7. The molecule has 0 bridgehead atoms. The monoisotopic (exact) mass is 280 g/mol. The molecule has 4 nitrogen and oxygen atoms in total. The van der Waals surface area contributed by atoms with E-state index in [4.69, 9.17) is 23.1 Å². The van der Waals surface area contributed by atoms with Gasteiger partial charge in [0.15, 0.2) is 0 Å². The van der Waals surface area contributed by atoms with Crippen molar-refractivity contribution in [2.75, 3.05) is 13.1 Å². The van der Waals surface area contributed by atoms with Crippen LogP contribution in [0.4, 0.5) is 0 Å². The Labute approximate surface area is 121 Å². The largest absolute Gasteiger partial charge is 0.393 e. The van der Waals surface area contributed by atoms with E-state index >= 15 is 0 Å². The maximum Gasteiger partial charge on any atom is 0.0764 e. The van der Waals surface area contributed by atoms with Gasteiger partial charge in [-0.15, -0.1) is 0 Å². The fourth-order valence-corrected chi connectivity index (χ4v) is 2.77. The summed E-state index contributed by atoms with van der Waals surface area (Å²) < 4.78 is 2.16. The second-order valence-corrected chi connectivity index (χ2v) is 5.83. The van der Waals surface area contributed by atoms with Crippen LogP contribution in [0.5, 0.6) is 0 Å². The predicted octanol–water partition coefficient (Wildman–Crippen LogP) is 2.50. The van der Waals surface area contributed by atoms with Crippen molar-refractivity contribution in [2.45, 2.75) is 51.6 Å². The third kappa shape index (κ3) is 4.28. The van der Waals surface area contributed by atoms with E-state index in [1.165, 1.54) is 25.7 Å². The number of hydrogen-bond donors (Lipinski definition) is 1. The van der Waals surface area contributed by atoms with Gasteiger partial charge in [0.1, 0.15) is 0 Å². The van der Waals surface area contributed by atoms with Gasteiger partial charge in [0.25, 0.3) is 0 Å². The number of nitrogens with two attached hydrogens (primary N) is 1. The Morgan fingerprint density at radius 3 is 2.89 bits per heavy atom. The molecule has 19 heavy (non-hydrogen) atoms. The maximum absolute atomic E-state index is 5.56. The van der Waals surface area contributed by atoms with Crippen molar-refractivity contribution >= 4 is 17.2 Å². The standard InChI is InChI=1S/C14H24N4S/c1-2-17(9-8-14(15)19)11-12-7-10-18(16-12)13-5-3-4-6-13/h7,10,13H,2-6,8-9,11H2,1H3,(H2,15,19). The lowest BCUT2D eigenvalue weighted by atomic mass is 10.3. The molecule has 0 aromatic carbocycles. The van der Waals surface area contributed by atoms with Crippen LogP contribution in [0.25, 0.3) is 0 Å². The molecule has 1 aromatic heterocycles. The SMILES string of the molecule is CCN(CCC(N)=S)Cc1ccn(C2CCCC2)n1. The zero-order valence-corrected chi connectivity index (χ0v) is 12.5. The lowest BCUT2D eigenvalue weighted by Gasteiger charge is -2.18. The molecule has 0 radical (unpaired) electrons. The normalized spacial score (nSPS) is 16.3. The molecule has 0 amide bonds. The number of nitrogens with zero attached hydrogens (tertiary/aromatic N) is 3. The average Bonchev–Trinajstić information content (AvgIpc) is 3.04. The highest BCUT2D eigenvalue weighted by molar-refractivity contribution is 7.80. The zero-order chi connectivity index (χ0) is 13.7. The molecule has 1 saturated carbocycles. The summed E-state index contributed by atoms with van der Waals surface area (Å²) in [5.74, 6) is 0. The van der Waals surface area contributed by atoms with Gasteiger partial charge >= 0.3 is 0 Å². The van der Waals surface area contributed by atoms with Gasteiger partial charge in [0, 0.05) is 25.7 Å². The molecule has 0 aliphatic heterocycles. The Morgan fingerprint density at radius 1 is 1.53 bits per heavy atom. The van der Waals surface area contributed by atoms with Crippen LogP contribution in [0.2, 0.25) is 0 Å². The van der Waals surface area contributed by atoms with Crippen molar-refractivity contribution in [2.24, 2.45) is 5.73 Å². The van der Waals surface area contributed by atoms with E-state index in [2.05, 4.69) is 28.8 Å². The number of hydrogen-bond acceptors (Lipinski definition) is 3. The van der Waals surface area contributed by atoms with Crippen LogP contribution < -0.4 is 5.73 Å². The minimum absolute atomic E-state index is 0.593. The Kier molecular flexibility index (Phi) is 5.34. The summed E-state index contributed by atoms with van der Waals surface area (Å²) in [6.45, 7) is 4.97. The van der Waals surface area contributed by atoms with Crippen LogP contribution in [0.15, 0.2) is 12.3 Å². The Hall–Kier alpha value is -0.940. The van der Waals surface area contributed by atoms with Crippen molar-refractivity contribution in [3.63, 3.8) is 0 Å². The van der Waals surface area contributed by atoms with Gasteiger partial charge < -0.3 is 5.73 Å². The van der Waals surface area contributed by atoms with Crippen LogP contribution in [-0.4, -0.2) is 32.8 Å². The molecule has 1 aromatic rings. The predicted molar refractivity (Wildman–Crippen MR) is 82.1 cm³/mol. The third-order valence-electron chi connectivity index (χ3n) is 3.87. The summed E-state index contributed by atoms with van der Waals surface area (Å²) in [5.41, 5.74) is 6.71. The molecule has 1 heterocycles. The van der Waals surface area contributed by atoms with Gasteiger partial charge in [-0.05, 0) is 25.5 Å². The van der Waals surface area contributed by atoms with Crippen molar-refractivity contribution in [1.29, 1.82) is 0 Å². The molecule has 0 spiro atoms. The molecular weight excluding hydrogens is 256 g/mol. The minimum Gasteiger partial charge on any atom is -0.393 e. The van der Waals surface area contributed by atoms with Crippen molar-refractivity contribution in [1.82, 2.24) is 14.7 Å². The highest BCUT2D eigenvalue weighted by atomic mass is 32.1. The van der Waals surface area contributed by atoms with Gasteiger partial charge in [-0.2, -0.15) is 5.10 Å². The van der Waals surface area contributed by atoms with E-state index in [1.54, 1.807) is 0 Å². The van der Waals surface area contributed by atoms with E-state index in [1.807, 2.05) is 0 Å². The molecule has 1 aliphatic carbocycles. The molecule has 2 rings (SSSR count). The van der Waals surface area contributed by atoms with Gasteiger partial charge in [0.05, 0.1) is 16.7 Å². The lowest BCUT2D eigenvalue weighted by molar-refractivity contribution is 0.283. The number of rotatable bonds is 7. The molecule has 106 valence electrons. The smallest absolute Gasteiger partial charge is 0.0764 e. The van der Waals surface area contributed by atoms with Gasteiger partial charge in [-0.1, -0.05) is 32.0 Å². The first kappa shape index (κ1) is 14.5. The first-order valence-corrected chi connectivity index (χ1v) is 7.64. The van der Waals surface area contributed by atoms with Crippen LogP contribution in [0.3, 0.4) is 0 Å². The highest BCUT2D eigenvalue weighted by Crippen LogP contribution is 2.28. The third-order valence-corrected chi connectivity index (χ3v) is 4.07. The van der Waals surface area contributed by atoms with Gasteiger partial charge in [-0.25, -0.2) is 0 Å². The Bertz CT molecular complexity index is 409. The molecule has 0 unspecified atom stereocenters. The van der Waals surface area contributed by atoms with Crippen molar-refractivity contribution < 1.29 is 0 Å². The van der Waals surface area contributed by atoms with Crippen LogP contribution in [0, 0.1) is 0 Å². The average molecular weight is 280 g/mol. The molecular formula is C14H24N4S. The summed E-state index contributed by atoms with van der Waals surface area (Å²) in [5, 5.41) is 4.72. The second-order valence-electron chi connectivity index (χ2n) is 5.31. The summed E-state index contributed by atoms with van der Waals surface area (Å²) in [7, 11) is 0. The number of aromatic nitrogens is 2. The van der Waals surface area contributed by atoms with E-state index in [-0.39, 0.29) is 0 Å². The molecule has 1 fully saturated rings. The highest BCUT2D eigenvalue weighted by Gasteiger charge is 2.17. The topological polar surface area (TPSA) is 47.1 Å². The van der Waals surface area contributed by atoms with Crippen molar-refractivity contribution in [3.8, 4) is 0 Å². The Morgan fingerprint density at radius 2 is 2.26 bits per heavy atom. The molecule has 2 N–H and O–H groups in total. The first-order chi connectivity index (χ1) is 9.19. The van der Waals surface area contributed by atoms with E-state index in [0.717, 1.165) is 31.7 Å². The van der Waals surface area contributed by atoms with Gasteiger partial charge in [0.2, 0.25) is 0 Å². The summed E-state index contributed by atoms with van der Waals surface area (Å²) >= 11 is 4.93. The summed E-state index contributed by atoms with van der Waals surface area (Å²) in [6.07, 6.45) is 8.16. The number of thiocarbonyl (C=S) groups is 1. The molecule has 5 heteroatoms. The minimum atomic E-state index is 0.593. The van der Waals surface area contributed by atoms with Crippen molar-refractivity contribution in [3.05, 3.63) is 18.0 Å². The Balaban J connectivity index is 1.88. The molecule has 0 saturated heterocycles. The maximum atomic E-state index is 5.56. The van der Waals surface area contributed by atoms with Gasteiger partial charge in [-0.3, -0.25) is 9.58 Å². The fourth-order valence-electron chi connectivity index (χ4n) is 2.68. The summed E-state index contributed by atoms with van der Waals surface area (Å²) in [6, 6.07) is 2.77. The quantitative estimate of drug-likeness (QED) is 0.780. The first-order valence-electron chi connectivity index (χ1n) is 7.23. The van der Waals surface area contributed by atoms with E-state index in [0.29, 0.717) is 11.0 Å².